The van der Waals surface area contributed by atoms with Gasteiger partial charge in [-0.1, -0.05) is 12.1 Å². The van der Waals surface area contributed by atoms with E-state index in [4.69, 9.17) is 19.2 Å². The Morgan fingerprint density at radius 2 is 1.81 bits per heavy atom. The van der Waals surface area contributed by atoms with E-state index < -0.39 is 0 Å². The molecule has 0 saturated carbocycles. The van der Waals surface area contributed by atoms with E-state index in [1.54, 1.807) is 14.2 Å². The van der Waals surface area contributed by atoms with E-state index in [1.807, 2.05) is 42.5 Å². The second-order valence-electron chi connectivity index (χ2n) is 6.47. The molecule has 0 radical (unpaired) electrons. The number of hydrogen-bond donors (Lipinski definition) is 2. The molecule has 0 spiro atoms. The third-order valence-electron chi connectivity index (χ3n) is 4.63. The molecular weight excluding hydrogens is 342 g/mol. The summed E-state index contributed by atoms with van der Waals surface area (Å²) < 4.78 is 16.6. The molecule has 2 N–H and O–H groups in total. The van der Waals surface area contributed by atoms with Crippen LogP contribution in [0.25, 0.3) is 11.4 Å². The summed E-state index contributed by atoms with van der Waals surface area (Å²) >= 11 is 0. The smallest absolute Gasteiger partial charge is 0.137 e. The Bertz CT molecular complexity index is 890. The van der Waals surface area contributed by atoms with Crippen LogP contribution in [-0.4, -0.2) is 30.7 Å². The number of ether oxygens (including phenoxy) is 3. The summed E-state index contributed by atoms with van der Waals surface area (Å²) in [6, 6.07) is 13.7. The number of aromatic nitrogens is 2. The number of rotatable bonds is 6. The molecule has 6 nitrogen and oxygen atoms in total. The summed E-state index contributed by atoms with van der Waals surface area (Å²) in [6.45, 7) is 2.25. The van der Waals surface area contributed by atoms with Crippen molar-refractivity contribution < 1.29 is 14.2 Å². The number of fused-ring (bicyclic) bond motifs is 1. The lowest BCUT2D eigenvalue weighted by molar-refractivity contribution is 0.304. The maximum Gasteiger partial charge on any atom is 0.137 e. The molecule has 1 aliphatic heterocycles. The second-order valence-corrected chi connectivity index (χ2v) is 6.47. The van der Waals surface area contributed by atoms with Crippen molar-refractivity contribution in [2.75, 3.05) is 20.8 Å². The molecule has 2 heterocycles. The molecule has 2 aromatic carbocycles. The van der Waals surface area contributed by atoms with E-state index in [0.717, 1.165) is 59.4 Å². The quantitative estimate of drug-likeness (QED) is 0.701. The molecule has 1 aromatic heterocycles. The summed E-state index contributed by atoms with van der Waals surface area (Å²) in [5.74, 6) is 3.17. The lowest BCUT2D eigenvalue weighted by Crippen LogP contribution is -2.23. The Morgan fingerprint density at radius 1 is 1.00 bits per heavy atom. The highest BCUT2D eigenvalue weighted by atomic mass is 16.5. The minimum Gasteiger partial charge on any atom is -0.497 e. The molecule has 0 aliphatic carbocycles. The van der Waals surface area contributed by atoms with Gasteiger partial charge >= 0.3 is 0 Å². The molecule has 0 fully saturated rings. The van der Waals surface area contributed by atoms with E-state index in [9.17, 15) is 0 Å². The van der Waals surface area contributed by atoms with Crippen molar-refractivity contribution >= 4 is 0 Å². The van der Waals surface area contributed by atoms with Crippen molar-refractivity contribution in [3.05, 3.63) is 59.4 Å². The largest absolute Gasteiger partial charge is 0.497 e. The minimum atomic E-state index is 0.426. The zero-order valence-corrected chi connectivity index (χ0v) is 15.5. The topological polar surface area (TPSA) is 68.4 Å². The molecule has 0 bridgehead atoms. The molecule has 0 atom stereocenters. The Labute approximate surface area is 158 Å². The van der Waals surface area contributed by atoms with Crippen LogP contribution in [0.15, 0.2) is 42.5 Å². The maximum absolute atomic E-state index is 5.99. The van der Waals surface area contributed by atoms with Crippen LogP contribution < -0.4 is 19.5 Å². The number of imidazole rings is 1. The fraction of sp³-hybridized carbons (Fsp3) is 0.286. The van der Waals surface area contributed by atoms with E-state index in [2.05, 4.69) is 10.3 Å². The van der Waals surface area contributed by atoms with Gasteiger partial charge in [0.05, 0.1) is 25.6 Å². The van der Waals surface area contributed by atoms with Crippen LogP contribution in [0, 0.1) is 0 Å². The molecule has 3 aromatic rings. The molecule has 0 saturated heterocycles. The van der Waals surface area contributed by atoms with Gasteiger partial charge in [-0.05, 0) is 29.8 Å². The number of benzene rings is 2. The first-order valence-electron chi connectivity index (χ1n) is 8.99. The zero-order chi connectivity index (χ0) is 18.6. The van der Waals surface area contributed by atoms with E-state index in [0.29, 0.717) is 6.61 Å². The molecule has 4 rings (SSSR count). The summed E-state index contributed by atoms with van der Waals surface area (Å²) in [4.78, 5) is 8.16. The molecule has 27 heavy (non-hydrogen) atoms. The Hall–Kier alpha value is -2.99. The van der Waals surface area contributed by atoms with Crippen LogP contribution in [0.5, 0.6) is 17.2 Å². The van der Waals surface area contributed by atoms with Crippen molar-refractivity contribution in [1.29, 1.82) is 0 Å². The highest BCUT2D eigenvalue weighted by molar-refractivity contribution is 5.58. The van der Waals surface area contributed by atoms with Gasteiger partial charge in [0.2, 0.25) is 0 Å². The molecule has 0 amide bonds. The molecule has 1 aliphatic rings. The third kappa shape index (κ3) is 3.90. The standard InChI is InChI=1S/C21H23N3O3/c1-25-17-8-14(9-18(11-17)26-2)13-27-16-5-3-4-15(10-16)21-23-19-6-7-22-12-20(19)24-21/h3-5,8-11,22H,6-7,12-13H2,1-2H3,(H,23,24). The van der Waals surface area contributed by atoms with E-state index in [1.165, 1.54) is 5.69 Å². The monoisotopic (exact) mass is 365 g/mol. The lowest BCUT2D eigenvalue weighted by atomic mass is 10.2. The van der Waals surface area contributed by atoms with Crippen molar-refractivity contribution in [3.63, 3.8) is 0 Å². The molecule has 0 unspecified atom stereocenters. The number of nitrogens with one attached hydrogen (secondary N) is 2. The Morgan fingerprint density at radius 3 is 2.56 bits per heavy atom. The van der Waals surface area contributed by atoms with E-state index >= 15 is 0 Å². The summed E-state index contributed by atoms with van der Waals surface area (Å²) in [6.07, 6.45) is 0.958. The van der Waals surface area contributed by atoms with Crippen LogP contribution in [-0.2, 0) is 19.6 Å². The Balaban J connectivity index is 1.51. The van der Waals surface area contributed by atoms with Crippen LogP contribution in [0.4, 0.5) is 0 Å². The van der Waals surface area contributed by atoms with Crippen molar-refractivity contribution in [1.82, 2.24) is 15.3 Å². The van der Waals surface area contributed by atoms with Gasteiger partial charge in [-0.3, -0.25) is 0 Å². The SMILES string of the molecule is COc1cc(COc2cccc(-c3nc4c([nH]3)CNCC4)c2)cc(OC)c1. The second kappa shape index (κ2) is 7.72. The number of nitrogens with zero attached hydrogens (tertiary/aromatic N) is 1. The third-order valence-corrected chi connectivity index (χ3v) is 4.63. The number of hydrogen-bond acceptors (Lipinski definition) is 5. The highest BCUT2D eigenvalue weighted by Crippen LogP contribution is 2.26. The van der Waals surface area contributed by atoms with Gasteiger partial charge in [0.25, 0.3) is 0 Å². The predicted molar refractivity (Wildman–Crippen MR) is 103 cm³/mol. The molecular formula is C21H23N3O3. The van der Waals surface area contributed by atoms with E-state index in [-0.39, 0.29) is 0 Å². The minimum absolute atomic E-state index is 0.426. The average molecular weight is 365 g/mol. The summed E-state index contributed by atoms with van der Waals surface area (Å²) in [5, 5.41) is 3.36. The Kier molecular flexibility index (Phi) is 4.98. The highest BCUT2D eigenvalue weighted by Gasteiger charge is 2.15. The fourth-order valence-corrected chi connectivity index (χ4v) is 3.20. The van der Waals surface area contributed by atoms with Gasteiger partial charge in [0, 0.05) is 31.1 Å². The zero-order valence-electron chi connectivity index (χ0n) is 15.5. The lowest BCUT2D eigenvalue weighted by Gasteiger charge is -2.10. The van der Waals surface area contributed by atoms with Crippen LogP contribution >= 0.6 is 0 Å². The molecule has 6 heteroatoms. The van der Waals surface area contributed by atoms with Crippen LogP contribution in [0.1, 0.15) is 17.0 Å². The predicted octanol–water partition coefficient (Wildman–Crippen LogP) is 3.32. The first-order chi connectivity index (χ1) is 13.2. The summed E-state index contributed by atoms with van der Waals surface area (Å²) in [5.41, 5.74) is 4.32. The molecule has 140 valence electrons. The fourth-order valence-electron chi connectivity index (χ4n) is 3.20. The average Bonchev–Trinajstić information content (AvgIpc) is 3.16. The van der Waals surface area contributed by atoms with Gasteiger partial charge in [-0.25, -0.2) is 4.98 Å². The number of aromatic amines is 1. The first kappa shape index (κ1) is 17.4. The van der Waals surface area contributed by atoms with Crippen molar-refractivity contribution in [2.24, 2.45) is 0 Å². The van der Waals surface area contributed by atoms with Crippen LogP contribution in [0.3, 0.4) is 0 Å². The number of H-pyrrole nitrogens is 1. The summed E-state index contributed by atoms with van der Waals surface area (Å²) in [7, 11) is 3.28. The van der Waals surface area contributed by atoms with Gasteiger partial charge in [-0.2, -0.15) is 0 Å². The van der Waals surface area contributed by atoms with Crippen molar-refractivity contribution in [2.45, 2.75) is 19.6 Å². The van der Waals surface area contributed by atoms with Gasteiger partial charge in [0.15, 0.2) is 0 Å². The normalized spacial score (nSPS) is 13.1. The maximum atomic E-state index is 5.99. The first-order valence-corrected chi connectivity index (χ1v) is 8.99. The van der Waals surface area contributed by atoms with Crippen molar-refractivity contribution in [3.8, 4) is 28.6 Å². The number of methoxy groups -OCH3 is 2. The van der Waals surface area contributed by atoms with Gasteiger partial charge in [-0.15, -0.1) is 0 Å². The van der Waals surface area contributed by atoms with Gasteiger partial charge in [0.1, 0.15) is 29.7 Å². The van der Waals surface area contributed by atoms with Gasteiger partial charge < -0.3 is 24.5 Å². The van der Waals surface area contributed by atoms with Crippen LogP contribution in [0.2, 0.25) is 0 Å².